The summed E-state index contributed by atoms with van der Waals surface area (Å²) < 4.78 is 9.67. The normalized spacial score (nSPS) is 30.2. The van der Waals surface area contributed by atoms with Crippen molar-refractivity contribution in [2.45, 2.75) is 61.5 Å². The highest BCUT2D eigenvalue weighted by Crippen LogP contribution is 2.38. The van der Waals surface area contributed by atoms with Crippen LogP contribution in [0.5, 0.6) is 0 Å². The van der Waals surface area contributed by atoms with E-state index in [0.29, 0.717) is 12.5 Å². The number of ether oxygens (including phenoxy) is 2. The summed E-state index contributed by atoms with van der Waals surface area (Å²) >= 11 is 2.06. The van der Waals surface area contributed by atoms with Crippen LogP contribution in [0.2, 0.25) is 0 Å². The first kappa shape index (κ1) is 15.9. The fourth-order valence-electron chi connectivity index (χ4n) is 3.13. The lowest BCUT2D eigenvalue weighted by Crippen LogP contribution is -2.52. The van der Waals surface area contributed by atoms with E-state index in [0.717, 1.165) is 12.8 Å². The van der Waals surface area contributed by atoms with Crippen molar-refractivity contribution >= 4 is 34.7 Å². The van der Waals surface area contributed by atoms with E-state index in [1.807, 2.05) is 0 Å². The van der Waals surface area contributed by atoms with E-state index < -0.39 is 15.6 Å². The largest absolute Gasteiger partial charge is 0.465 e. The van der Waals surface area contributed by atoms with Crippen molar-refractivity contribution in [3.63, 3.8) is 0 Å². The lowest BCUT2D eigenvalue weighted by atomic mass is 9.79. The second-order valence-corrected chi connectivity index (χ2v) is 7.93. The van der Waals surface area contributed by atoms with Gasteiger partial charge >= 0.3 is 12.1 Å². The highest BCUT2D eigenvalue weighted by molar-refractivity contribution is 14.1. The van der Waals surface area contributed by atoms with E-state index in [9.17, 15) is 9.59 Å². The van der Waals surface area contributed by atoms with E-state index in [1.54, 1.807) is 13.8 Å². The standard InChI is InChI=1S/C14H22INO4/c1-3-19-12(17)14(2,15)11-10(16-13(18)20-11)9-7-5-4-6-8-9/h9-11H,3-8H2,1-2H3,(H,16,18)/t10-,11+,14?/m0/s1. The predicted molar refractivity (Wildman–Crippen MR) is 82.8 cm³/mol. The van der Waals surface area contributed by atoms with E-state index in [2.05, 4.69) is 27.9 Å². The van der Waals surface area contributed by atoms with Gasteiger partial charge in [0, 0.05) is 0 Å². The molecule has 1 saturated heterocycles. The van der Waals surface area contributed by atoms with E-state index in [-0.39, 0.29) is 12.0 Å². The van der Waals surface area contributed by atoms with Crippen LogP contribution >= 0.6 is 22.6 Å². The molecule has 20 heavy (non-hydrogen) atoms. The number of cyclic esters (lactones) is 1. The van der Waals surface area contributed by atoms with Crippen LogP contribution in [0.4, 0.5) is 4.79 Å². The van der Waals surface area contributed by atoms with Crippen LogP contribution in [0, 0.1) is 5.92 Å². The highest BCUT2D eigenvalue weighted by Gasteiger charge is 2.53. The Morgan fingerprint density at radius 2 is 2.10 bits per heavy atom. The monoisotopic (exact) mass is 395 g/mol. The number of halogens is 1. The average molecular weight is 395 g/mol. The van der Waals surface area contributed by atoms with Gasteiger partial charge in [-0.05, 0) is 32.6 Å². The van der Waals surface area contributed by atoms with Crippen molar-refractivity contribution in [1.82, 2.24) is 5.32 Å². The lowest BCUT2D eigenvalue weighted by molar-refractivity contribution is -0.147. The molecule has 114 valence electrons. The number of carbonyl (C=O) groups excluding carboxylic acids is 2. The van der Waals surface area contributed by atoms with Crippen molar-refractivity contribution in [3.05, 3.63) is 0 Å². The lowest BCUT2D eigenvalue weighted by Gasteiger charge is -2.34. The van der Waals surface area contributed by atoms with Gasteiger partial charge in [-0.2, -0.15) is 0 Å². The van der Waals surface area contributed by atoms with E-state index >= 15 is 0 Å². The van der Waals surface area contributed by atoms with Crippen molar-refractivity contribution in [3.8, 4) is 0 Å². The van der Waals surface area contributed by atoms with Crippen molar-refractivity contribution in [2.24, 2.45) is 5.92 Å². The van der Waals surface area contributed by atoms with Gasteiger partial charge in [-0.15, -0.1) is 0 Å². The zero-order valence-corrected chi connectivity index (χ0v) is 14.1. The molecular formula is C14H22INO4. The predicted octanol–water partition coefficient (Wildman–Crippen LogP) is 2.80. The maximum absolute atomic E-state index is 12.1. The second-order valence-electron chi connectivity index (χ2n) is 5.69. The molecule has 2 fully saturated rings. The molecule has 6 heteroatoms. The van der Waals surface area contributed by atoms with Gasteiger partial charge in [-0.25, -0.2) is 4.79 Å². The average Bonchev–Trinajstić information content (AvgIpc) is 2.83. The number of esters is 1. The minimum atomic E-state index is -0.852. The molecule has 1 aliphatic heterocycles. The number of hydrogen-bond donors (Lipinski definition) is 1. The molecule has 3 atom stereocenters. The van der Waals surface area contributed by atoms with Gasteiger partial charge in [0.2, 0.25) is 0 Å². The molecule has 1 heterocycles. The number of alkyl carbamates (subject to hydrolysis) is 1. The summed E-state index contributed by atoms with van der Waals surface area (Å²) in [6.45, 7) is 3.90. The van der Waals surface area contributed by atoms with Crippen LogP contribution < -0.4 is 5.32 Å². The van der Waals surface area contributed by atoms with Gasteiger partial charge < -0.3 is 14.8 Å². The van der Waals surface area contributed by atoms with Gasteiger partial charge in [-0.3, -0.25) is 4.79 Å². The zero-order valence-electron chi connectivity index (χ0n) is 12.0. The van der Waals surface area contributed by atoms with Crippen LogP contribution in [-0.2, 0) is 14.3 Å². The van der Waals surface area contributed by atoms with Gasteiger partial charge in [0.25, 0.3) is 0 Å². The Labute approximate surface area is 133 Å². The number of nitrogens with one attached hydrogen (secondary N) is 1. The highest BCUT2D eigenvalue weighted by atomic mass is 127. The molecule has 0 aromatic rings. The first-order valence-electron chi connectivity index (χ1n) is 7.30. The molecular weight excluding hydrogens is 373 g/mol. The molecule has 5 nitrogen and oxygen atoms in total. The Kier molecular flexibility index (Phi) is 5.14. The molecule has 1 amide bonds. The Balaban J connectivity index is 2.14. The van der Waals surface area contributed by atoms with Gasteiger partial charge in [0.1, 0.15) is 6.10 Å². The number of hydrogen-bond acceptors (Lipinski definition) is 4. The van der Waals surface area contributed by atoms with Crippen LogP contribution in [0.1, 0.15) is 46.0 Å². The van der Waals surface area contributed by atoms with Gasteiger partial charge in [-0.1, -0.05) is 41.9 Å². The first-order valence-corrected chi connectivity index (χ1v) is 8.38. The SMILES string of the molecule is CCOC(=O)C(C)(I)[C@@H]1OC(=O)N[C@H]1C1CCCCC1. The fourth-order valence-corrected chi connectivity index (χ4v) is 3.80. The molecule has 1 saturated carbocycles. The molecule has 1 unspecified atom stereocenters. The maximum Gasteiger partial charge on any atom is 0.407 e. The van der Waals surface area contributed by atoms with Crippen molar-refractivity contribution in [1.29, 1.82) is 0 Å². The molecule has 1 aliphatic carbocycles. The van der Waals surface area contributed by atoms with Gasteiger partial charge in [0.05, 0.1) is 12.6 Å². The molecule has 2 aliphatic rings. The molecule has 2 rings (SSSR count). The van der Waals surface area contributed by atoms with E-state index in [1.165, 1.54) is 19.3 Å². The van der Waals surface area contributed by atoms with Crippen molar-refractivity contribution < 1.29 is 19.1 Å². The molecule has 0 spiro atoms. The fraction of sp³-hybridized carbons (Fsp3) is 0.857. The third-order valence-electron chi connectivity index (χ3n) is 4.21. The Morgan fingerprint density at radius 3 is 2.70 bits per heavy atom. The molecule has 0 bridgehead atoms. The summed E-state index contributed by atoms with van der Waals surface area (Å²) in [4.78, 5) is 23.8. The number of rotatable bonds is 4. The third-order valence-corrected chi connectivity index (χ3v) is 5.27. The van der Waals surface area contributed by atoms with Crippen LogP contribution in [0.3, 0.4) is 0 Å². The van der Waals surface area contributed by atoms with Crippen LogP contribution in [0.25, 0.3) is 0 Å². The zero-order chi connectivity index (χ0) is 14.8. The summed E-state index contributed by atoms with van der Waals surface area (Å²) in [7, 11) is 0. The Bertz CT molecular complexity index is 379. The third kappa shape index (κ3) is 3.20. The summed E-state index contributed by atoms with van der Waals surface area (Å²) in [5, 5.41) is 2.90. The topological polar surface area (TPSA) is 64.6 Å². The van der Waals surface area contributed by atoms with Crippen molar-refractivity contribution in [2.75, 3.05) is 6.61 Å². The minimum absolute atomic E-state index is 0.0888. The molecule has 0 aromatic carbocycles. The van der Waals surface area contributed by atoms with E-state index in [4.69, 9.17) is 9.47 Å². The quantitative estimate of drug-likeness (QED) is 0.452. The minimum Gasteiger partial charge on any atom is -0.465 e. The molecule has 1 N–H and O–H groups in total. The molecule has 0 radical (unpaired) electrons. The number of amides is 1. The van der Waals surface area contributed by atoms with Crippen LogP contribution in [-0.4, -0.2) is 34.2 Å². The maximum atomic E-state index is 12.1. The molecule has 0 aromatic heterocycles. The summed E-state index contributed by atoms with van der Waals surface area (Å²) in [5.74, 6) is 0.0756. The number of alkyl halides is 1. The summed E-state index contributed by atoms with van der Waals surface area (Å²) in [6.07, 6.45) is 4.90. The Hall–Kier alpha value is -0.530. The second kappa shape index (κ2) is 6.49. The van der Waals surface area contributed by atoms with Crippen LogP contribution in [0.15, 0.2) is 0 Å². The first-order chi connectivity index (χ1) is 9.46. The smallest absolute Gasteiger partial charge is 0.407 e. The van der Waals surface area contributed by atoms with Gasteiger partial charge in [0.15, 0.2) is 3.42 Å². The number of carbonyl (C=O) groups is 2. The summed E-state index contributed by atoms with van der Waals surface area (Å²) in [6, 6.07) is -0.0888. The summed E-state index contributed by atoms with van der Waals surface area (Å²) in [5.41, 5.74) is 0. The Morgan fingerprint density at radius 1 is 1.45 bits per heavy atom.